The minimum absolute atomic E-state index is 0.459. The summed E-state index contributed by atoms with van der Waals surface area (Å²) in [6, 6.07) is 8.66. The molecule has 0 aliphatic carbocycles. The molecular formula is C12H12F3NO2. The van der Waals surface area contributed by atoms with Crippen molar-refractivity contribution in [3.63, 3.8) is 0 Å². The largest absolute Gasteiger partial charge is 0.459 e. The number of fused-ring (bicyclic) bond motifs is 1. The zero-order chi connectivity index (χ0) is 13.2. The monoisotopic (exact) mass is 259 g/mol. The van der Waals surface area contributed by atoms with E-state index in [1.54, 1.807) is 19.1 Å². The highest BCUT2D eigenvalue weighted by Crippen LogP contribution is 2.23. The van der Waals surface area contributed by atoms with Crippen LogP contribution in [-0.2, 0) is 4.84 Å². The lowest BCUT2D eigenvalue weighted by molar-refractivity contribution is -0.193. The van der Waals surface area contributed by atoms with Gasteiger partial charge < -0.3 is 4.42 Å². The number of halogens is 3. The maximum Gasteiger partial charge on any atom is 0.413 e. The summed E-state index contributed by atoms with van der Waals surface area (Å²) < 4.78 is 41.2. The Morgan fingerprint density at radius 3 is 2.72 bits per heavy atom. The minimum Gasteiger partial charge on any atom is -0.459 e. The van der Waals surface area contributed by atoms with Gasteiger partial charge in [0.05, 0.1) is 6.04 Å². The first kappa shape index (κ1) is 12.9. The SMILES string of the molecule is CC(NOCC(F)(F)F)c1cc2ccccc2o1. The summed E-state index contributed by atoms with van der Waals surface area (Å²) >= 11 is 0. The lowest BCUT2D eigenvalue weighted by Crippen LogP contribution is -2.26. The van der Waals surface area contributed by atoms with Crippen LogP contribution >= 0.6 is 0 Å². The molecule has 1 N–H and O–H groups in total. The third kappa shape index (κ3) is 3.24. The van der Waals surface area contributed by atoms with Crippen LogP contribution in [0.25, 0.3) is 11.0 Å². The molecule has 0 aliphatic rings. The maximum absolute atomic E-state index is 11.9. The average molecular weight is 259 g/mol. The lowest BCUT2D eigenvalue weighted by Gasteiger charge is -2.12. The Morgan fingerprint density at radius 2 is 2.06 bits per heavy atom. The summed E-state index contributed by atoms with van der Waals surface area (Å²) in [5.41, 5.74) is 2.99. The zero-order valence-corrected chi connectivity index (χ0v) is 9.62. The third-order valence-corrected chi connectivity index (χ3v) is 2.37. The van der Waals surface area contributed by atoms with E-state index in [9.17, 15) is 13.2 Å². The van der Waals surface area contributed by atoms with Gasteiger partial charge in [0.1, 0.15) is 11.3 Å². The molecule has 3 nitrogen and oxygen atoms in total. The fraction of sp³-hybridized carbons (Fsp3) is 0.333. The fourth-order valence-electron chi connectivity index (χ4n) is 1.52. The lowest BCUT2D eigenvalue weighted by atomic mass is 10.2. The first-order valence-corrected chi connectivity index (χ1v) is 5.38. The zero-order valence-electron chi connectivity index (χ0n) is 9.62. The number of hydrogen-bond acceptors (Lipinski definition) is 3. The molecule has 0 saturated carbocycles. The van der Waals surface area contributed by atoms with Crippen LogP contribution in [0.3, 0.4) is 0 Å². The van der Waals surface area contributed by atoms with Gasteiger partial charge in [-0.2, -0.15) is 18.7 Å². The molecule has 2 rings (SSSR count). The van der Waals surface area contributed by atoms with Crippen molar-refractivity contribution < 1.29 is 22.4 Å². The van der Waals surface area contributed by atoms with E-state index < -0.39 is 18.8 Å². The van der Waals surface area contributed by atoms with Crippen molar-refractivity contribution in [3.05, 3.63) is 36.1 Å². The summed E-state index contributed by atoms with van der Waals surface area (Å²) in [6.07, 6.45) is -4.35. The molecule has 18 heavy (non-hydrogen) atoms. The number of para-hydroxylation sites is 1. The van der Waals surface area contributed by atoms with Crippen LogP contribution in [0.15, 0.2) is 34.7 Å². The van der Waals surface area contributed by atoms with Gasteiger partial charge in [0.2, 0.25) is 0 Å². The Morgan fingerprint density at radius 1 is 1.33 bits per heavy atom. The van der Waals surface area contributed by atoms with Crippen LogP contribution in [0, 0.1) is 0 Å². The molecule has 1 atom stereocenters. The van der Waals surface area contributed by atoms with Crippen LogP contribution in [0.2, 0.25) is 0 Å². The van der Waals surface area contributed by atoms with Crippen LogP contribution < -0.4 is 5.48 Å². The van der Waals surface area contributed by atoms with Gasteiger partial charge in [-0.05, 0) is 19.1 Å². The molecule has 0 spiro atoms. The molecule has 0 amide bonds. The Balaban J connectivity index is 1.98. The van der Waals surface area contributed by atoms with Crippen molar-refractivity contribution >= 4 is 11.0 Å². The molecule has 2 aromatic rings. The van der Waals surface area contributed by atoms with Crippen LogP contribution in [-0.4, -0.2) is 12.8 Å². The van der Waals surface area contributed by atoms with E-state index in [-0.39, 0.29) is 0 Å². The second kappa shape index (κ2) is 4.99. The highest BCUT2D eigenvalue weighted by Gasteiger charge is 2.28. The molecule has 0 saturated heterocycles. The summed E-state index contributed by atoms with van der Waals surface area (Å²) in [4.78, 5) is 4.38. The molecule has 0 bridgehead atoms. The van der Waals surface area contributed by atoms with Gasteiger partial charge in [-0.3, -0.25) is 4.84 Å². The molecule has 0 radical (unpaired) electrons. The molecule has 0 fully saturated rings. The van der Waals surface area contributed by atoms with Gasteiger partial charge in [-0.25, -0.2) is 0 Å². The molecule has 1 aromatic carbocycles. The van der Waals surface area contributed by atoms with Crippen molar-refractivity contribution in [1.82, 2.24) is 5.48 Å². The van der Waals surface area contributed by atoms with Crippen molar-refractivity contribution in [2.24, 2.45) is 0 Å². The number of hydroxylamine groups is 1. The van der Waals surface area contributed by atoms with Crippen LogP contribution in [0.1, 0.15) is 18.7 Å². The average Bonchev–Trinajstić information content (AvgIpc) is 2.70. The van der Waals surface area contributed by atoms with Gasteiger partial charge in [-0.15, -0.1) is 0 Å². The van der Waals surface area contributed by atoms with E-state index in [1.165, 1.54) is 0 Å². The third-order valence-electron chi connectivity index (χ3n) is 2.37. The number of alkyl halides is 3. The molecule has 1 heterocycles. The Labute approximate surface area is 101 Å². The number of hydrogen-bond donors (Lipinski definition) is 1. The highest BCUT2D eigenvalue weighted by molar-refractivity contribution is 5.77. The minimum atomic E-state index is -4.35. The number of furan rings is 1. The van der Waals surface area contributed by atoms with E-state index in [0.717, 1.165) is 5.39 Å². The van der Waals surface area contributed by atoms with Crippen molar-refractivity contribution in [2.45, 2.75) is 19.1 Å². The van der Waals surface area contributed by atoms with Crippen molar-refractivity contribution in [1.29, 1.82) is 0 Å². The van der Waals surface area contributed by atoms with Gasteiger partial charge in [0.15, 0.2) is 6.61 Å². The Kier molecular flexibility index (Phi) is 3.58. The van der Waals surface area contributed by atoms with E-state index in [0.29, 0.717) is 11.3 Å². The number of nitrogens with one attached hydrogen (secondary N) is 1. The first-order chi connectivity index (χ1) is 8.46. The van der Waals surface area contributed by atoms with Crippen LogP contribution in [0.4, 0.5) is 13.2 Å². The predicted octanol–water partition coefficient (Wildman–Crippen LogP) is 3.58. The van der Waals surface area contributed by atoms with Crippen molar-refractivity contribution in [3.8, 4) is 0 Å². The van der Waals surface area contributed by atoms with E-state index in [4.69, 9.17) is 4.42 Å². The molecule has 1 aromatic heterocycles. The summed E-state index contributed by atoms with van der Waals surface area (Å²) in [6.45, 7) is 0.325. The summed E-state index contributed by atoms with van der Waals surface area (Å²) in [5, 5.41) is 0.900. The Bertz CT molecular complexity index is 488. The van der Waals surface area contributed by atoms with Gasteiger partial charge in [0.25, 0.3) is 0 Å². The predicted molar refractivity (Wildman–Crippen MR) is 59.8 cm³/mol. The topological polar surface area (TPSA) is 34.4 Å². The quantitative estimate of drug-likeness (QED) is 0.852. The molecular weight excluding hydrogens is 247 g/mol. The normalized spacial score (nSPS) is 14.0. The summed E-state index contributed by atoms with van der Waals surface area (Å²) in [5.74, 6) is 0.526. The van der Waals surface area contributed by atoms with Gasteiger partial charge in [0, 0.05) is 5.39 Å². The molecule has 6 heteroatoms. The van der Waals surface area contributed by atoms with Gasteiger partial charge >= 0.3 is 6.18 Å². The van der Waals surface area contributed by atoms with E-state index in [2.05, 4.69) is 10.3 Å². The van der Waals surface area contributed by atoms with Gasteiger partial charge in [-0.1, -0.05) is 18.2 Å². The van der Waals surface area contributed by atoms with Crippen LogP contribution in [0.5, 0.6) is 0 Å². The molecule has 1 unspecified atom stereocenters. The fourth-order valence-corrected chi connectivity index (χ4v) is 1.52. The smallest absolute Gasteiger partial charge is 0.413 e. The second-order valence-corrected chi connectivity index (χ2v) is 3.93. The highest BCUT2D eigenvalue weighted by atomic mass is 19.4. The first-order valence-electron chi connectivity index (χ1n) is 5.38. The van der Waals surface area contributed by atoms with E-state index >= 15 is 0 Å². The number of benzene rings is 1. The maximum atomic E-state index is 11.9. The molecule has 98 valence electrons. The Hall–Kier alpha value is -1.53. The molecule has 0 aliphatic heterocycles. The summed E-state index contributed by atoms with van der Waals surface area (Å²) in [7, 11) is 0. The second-order valence-electron chi connectivity index (χ2n) is 3.93. The van der Waals surface area contributed by atoms with Crippen molar-refractivity contribution in [2.75, 3.05) is 6.61 Å². The standard InChI is InChI=1S/C12H12F3NO2/c1-8(16-17-7-12(13,14)15)11-6-9-4-2-3-5-10(9)18-11/h2-6,8,16H,7H2,1H3. The van der Waals surface area contributed by atoms with E-state index in [1.807, 2.05) is 18.2 Å². The number of rotatable bonds is 4.